The molecular formula is C12H9FN2O2. The van der Waals surface area contributed by atoms with Gasteiger partial charge in [-0.15, -0.1) is 0 Å². The molecule has 2 aromatic rings. The third kappa shape index (κ3) is 1.74. The van der Waals surface area contributed by atoms with E-state index in [-0.39, 0.29) is 17.2 Å². The van der Waals surface area contributed by atoms with Crippen LogP contribution in [0.15, 0.2) is 18.2 Å². The second-order valence-corrected chi connectivity index (χ2v) is 3.30. The van der Waals surface area contributed by atoms with Crippen molar-refractivity contribution in [2.24, 2.45) is 0 Å². The quantitative estimate of drug-likeness (QED) is 0.796. The molecule has 0 atom stereocenters. The van der Waals surface area contributed by atoms with Crippen LogP contribution in [-0.2, 0) is 0 Å². The van der Waals surface area contributed by atoms with Crippen LogP contribution >= 0.6 is 0 Å². The Morgan fingerprint density at radius 1 is 1.29 bits per heavy atom. The molecule has 0 spiro atoms. The van der Waals surface area contributed by atoms with Crippen LogP contribution in [0.1, 0.15) is 5.69 Å². The van der Waals surface area contributed by atoms with Crippen molar-refractivity contribution in [2.75, 3.05) is 14.2 Å². The average molecular weight is 232 g/mol. The summed E-state index contributed by atoms with van der Waals surface area (Å²) in [5.74, 6) is -0.259. The smallest absolute Gasteiger partial charge is 0.197 e. The lowest BCUT2D eigenvalue weighted by atomic mass is 10.1. The first kappa shape index (κ1) is 11.1. The molecule has 17 heavy (non-hydrogen) atoms. The van der Waals surface area contributed by atoms with Crippen LogP contribution in [0.5, 0.6) is 11.5 Å². The fourth-order valence-corrected chi connectivity index (χ4v) is 1.59. The zero-order chi connectivity index (χ0) is 12.4. The lowest BCUT2D eigenvalue weighted by Gasteiger charge is -2.10. The first-order valence-corrected chi connectivity index (χ1v) is 4.82. The standard InChI is InChI=1S/C12H9FN2O2/c1-16-10-5-9-8(11(13)12(10)17-2)4-3-7(6-14)15-9/h3-5H,1-2H3. The summed E-state index contributed by atoms with van der Waals surface area (Å²) in [4.78, 5) is 4.00. The minimum Gasteiger partial charge on any atom is -0.493 e. The van der Waals surface area contributed by atoms with Crippen molar-refractivity contribution in [3.05, 3.63) is 29.7 Å². The summed E-state index contributed by atoms with van der Waals surface area (Å²) in [6.45, 7) is 0. The topological polar surface area (TPSA) is 55.1 Å². The maximum atomic E-state index is 14.0. The summed E-state index contributed by atoms with van der Waals surface area (Å²) in [5, 5.41) is 9.02. The van der Waals surface area contributed by atoms with E-state index in [1.54, 1.807) is 0 Å². The number of nitriles is 1. The molecule has 0 amide bonds. The van der Waals surface area contributed by atoms with Gasteiger partial charge in [0, 0.05) is 11.5 Å². The van der Waals surface area contributed by atoms with Crippen molar-refractivity contribution < 1.29 is 13.9 Å². The Morgan fingerprint density at radius 3 is 2.65 bits per heavy atom. The summed E-state index contributed by atoms with van der Waals surface area (Å²) < 4.78 is 24.0. The second-order valence-electron chi connectivity index (χ2n) is 3.30. The molecule has 0 N–H and O–H groups in total. The normalized spacial score (nSPS) is 10.0. The van der Waals surface area contributed by atoms with Gasteiger partial charge in [0.1, 0.15) is 11.8 Å². The Morgan fingerprint density at radius 2 is 2.06 bits per heavy atom. The number of fused-ring (bicyclic) bond motifs is 1. The molecule has 86 valence electrons. The van der Waals surface area contributed by atoms with Crippen LogP contribution in [0.2, 0.25) is 0 Å². The molecule has 0 bridgehead atoms. The van der Waals surface area contributed by atoms with E-state index >= 15 is 0 Å². The van der Waals surface area contributed by atoms with Gasteiger partial charge >= 0.3 is 0 Å². The molecule has 1 heterocycles. The molecule has 2 rings (SSSR count). The number of pyridine rings is 1. The molecule has 0 radical (unpaired) electrons. The second kappa shape index (κ2) is 4.26. The number of hydrogen-bond donors (Lipinski definition) is 0. The minimum absolute atomic E-state index is 0.0338. The van der Waals surface area contributed by atoms with Crippen LogP contribution in [0.25, 0.3) is 10.9 Å². The molecule has 5 heteroatoms. The van der Waals surface area contributed by atoms with Crippen molar-refractivity contribution in [1.82, 2.24) is 4.98 Å². The molecule has 0 unspecified atom stereocenters. The van der Waals surface area contributed by atoms with Gasteiger partial charge in [0.2, 0.25) is 0 Å². The molecule has 0 saturated heterocycles. The number of benzene rings is 1. The number of ether oxygens (including phenoxy) is 2. The van der Waals surface area contributed by atoms with Gasteiger partial charge in [0.25, 0.3) is 0 Å². The van der Waals surface area contributed by atoms with E-state index in [1.165, 1.54) is 32.4 Å². The Kier molecular flexibility index (Phi) is 2.79. The molecule has 0 saturated carbocycles. The van der Waals surface area contributed by atoms with E-state index < -0.39 is 5.82 Å². The van der Waals surface area contributed by atoms with Gasteiger partial charge in [0.05, 0.1) is 19.7 Å². The van der Waals surface area contributed by atoms with Gasteiger partial charge in [-0.05, 0) is 12.1 Å². The number of aromatic nitrogens is 1. The van der Waals surface area contributed by atoms with Crippen LogP contribution < -0.4 is 9.47 Å². The Labute approximate surface area is 97.2 Å². The number of methoxy groups -OCH3 is 2. The molecule has 1 aromatic carbocycles. The highest BCUT2D eigenvalue weighted by atomic mass is 19.1. The molecule has 1 aromatic heterocycles. The lowest BCUT2D eigenvalue weighted by molar-refractivity contribution is 0.339. The first-order chi connectivity index (χ1) is 8.21. The monoisotopic (exact) mass is 232 g/mol. The van der Waals surface area contributed by atoms with Gasteiger partial charge in [-0.25, -0.2) is 9.37 Å². The van der Waals surface area contributed by atoms with Crippen molar-refractivity contribution >= 4 is 10.9 Å². The Bertz CT molecular complexity index is 620. The fraction of sp³-hybridized carbons (Fsp3) is 0.167. The maximum Gasteiger partial charge on any atom is 0.197 e. The number of halogens is 1. The molecule has 0 aliphatic heterocycles. The van der Waals surface area contributed by atoms with Gasteiger partial charge in [-0.3, -0.25) is 0 Å². The van der Waals surface area contributed by atoms with Crippen molar-refractivity contribution in [3.63, 3.8) is 0 Å². The van der Waals surface area contributed by atoms with Crippen LogP contribution in [-0.4, -0.2) is 19.2 Å². The predicted molar refractivity (Wildman–Crippen MR) is 59.5 cm³/mol. The van der Waals surface area contributed by atoms with Crippen LogP contribution in [0.4, 0.5) is 4.39 Å². The van der Waals surface area contributed by atoms with E-state index in [9.17, 15) is 4.39 Å². The van der Waals surface area contributed by atoms with Crippen LogP contribution in [0, 0.1) is 17.1 Å². The number of rotatable bonds is 2. The summed E-state index contributed by atoms with van der Waals surface area (Å²) in [7, 11) is 2.78. The summed E-state index contributed by atoms with van der Waals surface area (Å²) in [6.07, 6.45) is 0. The van der Waals surface area contributed by atoms with Gasteiger partial charge in [0.15, 0.2) is 17.3 Å². The molecular weight excluding hydrogens is 223 g/mol. The van der Waals surface area contributed by atoms with E-state index in [4.69, 9.17) is 14.7 Å². The Balaban J connectivity index is 2.81. The summed E-state index contributed by atoms with van der Waals surface area (Å²) >= 11 is 0. The maximum absolute atomic E-state index is 14.0. The fourth-order valence-electron chi connectivity index (χ4n) is 1.59. The molecule has 0 fully saturated rings. The number of nitrogens with zero attached hydrogens (tertiary/aromatic N) is 2. The first-order valence-electron chi connectivity index (χ1n) is 4.82. The van der Waals surface area contributed by atoms with Gasteiger partial charge < -0.3 is 9.47 Å². The zero-order valence-electron chi connectivity index (χ0n) is 9.32. The minimum atomic E-state index is -0.543. The van der Waals surface area contributed by atoms with Crippen molar-refractivity contribution in [2.45, 2.75) is 0 Å². The molecule has 0 aliphatic rings. The zero-order valence-corrected chi connectivity index (χ0v) is 9.32. The average Bonchev–Trinajstić information content (AvgIpc) is 2.37. The summed E-state index contributed by atoms with van der Waals surface area (Å²) in [5.41, 5.74) is 0.586. The van der Waals surface area contributed by atoms with E-state index in [0.717, 1.165) is 0 Å². The lowest BCUT2D eigenvalue weighted by Crippen LogP contribution is -1.96. The van der Waals surface area contributed by atoms with E-state index in [0.29, 0.717) is 10.9 Å². The van der Waals surface area contributed by atoms with Gasteiger partial charge in [-0.1, -0.05) is 0 Å². The summed E-state index contributed by atoms with van der Waals surface area (Å²) in [6, 6.07) is 6.39. The van der Waals surface area contributed by atoms with Crippen molar-refractivity contribution in [3.8, 4) is 17.6 Å². The molecule has 4 nitrogen and oxygen atoms in total. The van der Waals surface area contributed by atoms with Gasteiger partial charge in [-0.2, -0.15) is 5.26 Å². The highest BCUT2D eigenvalue weighted by molar-refractivity contribution is 5.84. The highest BCUT2D eigenvalue weighted by Gasteiger charge is 2.15. The third-order valence-electron chi connectivity index (χ3n) is 2.39. The van der Waals surface area contributed by atoms with E-state index in [2.05, 4.69) is 4.98 Å². The van der Waals surface area contributed by atoms with Crippen molar-refractivity contribution in [1.29, 1.82) is 5.26 Å². The van der Waals surface area contributed by atoms with E-state index in [1.807, 2.05) is 6.07 Å². The third-order valence-corrected chi connectivity index (χ3v) is 2.39. The largest absolute Gasteiger partial charge is 0.493 e. The molecule has 0 aliphatic carbocycles. The Hall–Kier alpha value is -2.35. The predicted octanol–water partition coefficient (Wildman–Crippen LogP) is 2.26. The SMILES string of the molecule is COc1cc2nc(C#N)ccc2c(F)c1OC. The number of hydrogen-bond acceptors (Lipinski definition) is 4. The highest BCUT2D eigenvalue weighted by Crippen LogP contribution is 2.35. The van der Waals surface area contributed by atoms with Crippen LogP contribution in [0.3, 0.4) is 0 Å².